The minimum atomic E-state index is 0.0389. The molecule has 1 fully saturated rings. The maximum Gasteiger partial charge on any atom is 0.317 e. The van der Waals surface area contributed by atoms with Gasteiger partial charge < -0.3 is 10.2 Å². The number of hydrogen-bond acceptors (Lipinski definition) is 4. The highest BCUT2D eigenvalue weighted by molar-refractivity contribution is 7.09. The van der Waals surface area contributed by atoms with Crippen LogP contribution in [-0.4, -0.2) is 47.0 Å². The zero-order valence-corrected chi connectivity index (χ0v) is 13.3. The number of aromatic nitrogens is 1. The lowest BCUT2D eigenvalue weighted by Gasteiger charge is -2.34. The van der Waals surface area contributed by atoms with Crippen LogP contribution in [0.2, 0.25) is 0 Å². The number of rotatable bonds is 4. The Morgan fingerprint density at radius 1 is 1.18 bits per heavy atom. The van der Waals surface area contributed by atoms with Crippen LogP contribution in [0.4, 0.5) is 4.79 Å². The van der Waals surface area contributed by atoms with Gasteiger partial charge in [0.1, 0.15) is 0 Å². The van der Waals surface area contributed by atoms with Crippen molar-refractivity contribution >= 4 is 17.4 Å². The van der Waals surface area contributed by atoms with Crippen molar-refractivity contribution in [1.82, 2.24) is 20.1 Å². The molecule has 0 unspecified atom stereocenters. The lowest BCUT2D eigenvalue weighted by Crippen LogP contribution is -2.51. The van der Waals surface area contributed by atoms with E-state index in [2.05, 4.69) is 15.2 Å². The molecule has 1 aliphatic rings. The number of piperazine rings is 1. The number of carbonyl (C=O) groups excluding carboxylic acids is 1. The number of carbonyl (C=O) groups is 1. The molecule has 22 heavy (non-hydrogen) atoms. The standard InChI is InChI=1S/C16H20N4OS/c21-16(18-12-15-2-1-11-22-15)20-9-7-19(8-10-20)13-14-3-5-17-6-4-14/h1-6,11H,7-10,12-13H2,(H,18,21). The summed E-state index contributed by atoms with van der Waals surface area (Å²) in [6, 6.07) is 8.17. The van der Waals surface area contributed by atoms with Crippen LogP contribution in [0.25, 0.3) is 0 Å². The van der Waals surface area contributed by atoms with Gasteiger partial charge in [-0.15, -0.1) is 11.3 Å². The average Bonchev–Trinajstić information content (AvgIpc) is 3.08. The van der Waals surface area contributed by atoms with Gasteiger partial charge in [0, 0.05) is 50.0 Å². The summed E-state index contributed by atoms with van der Waals surface area (Å²) in [6.45, 7) is 4.92. The molecule has 0 bridgehead atoms. The molecule has 1 aliphatic heterocycles. The van der Waals surface area contributed by atoms with Gasteiger partial charge in [0.05, 0.1) is 6.54 Å². The summed E-state index contributed by atoms with van der Waals surface area (Å²) in [7, 11) is 0. The molecule has 0 aliphatic carbocycles. The molecule has 0 spiro atoms. The summed E-state index contributed by atoms with van der Waals surface area (Å²) >= 11 is 1.67. The fraction of sp³-hybridized carbons (Fsp3) is 0.375. The van der Waals surface area contributed by atoms with Gasteiger partial charge in [0.2, 0.25) is 0 Å². The molecule has 116 valence electrons. The molecule has 1 saturated heterocycles. The smallest absolute Gasteiger partial charge is 0.317 e. The van der Waals surface area contributed by atoms with E-state index in [0.717, 1.165) is 32.7 Å². The minimum Gasteiger partial charge on any atom is -0.333 e. The summed E-state index contributed by atoms with van der Waals surface area (Å²) in [5.74, 6) is 0. The van der Waals surface area contributed by atoms with E-state index in [1.165, 1.54) is 10.4 Å². The molecule has 2 aromatic rings. The summed E-state index contributed by atoms with van der Waals surface area (Å²) in [5.41, 5.74) is 1.27. The highest BCUT2D eigenvalue weighted by Gasteiger charge is 2.20. The van der Waals surface area contributed by atoms with E-state index >= 15 is 0 Å². The van der Waals surface area contributed by atoms with E-state index in [0.29, 0.717) is 6.54 Å². The Kier molecular flexibility index (Phi) is 5.03. The van der Waals surface area contributed by atoms with E-state index in [1.807, 2.05) is 46.9 Å². The molecule has 0 aromatic carbocycles. The van der Waals surface area contributed by atoms with E-state index in [1.54, 1.807) is 11.3 Å². The van der Waals surface area contributed by atoms with Crippen molar-refractivity contribution in [2.24, 2.45) is 0 Å². The Morgan fingerprint density at radius 3 is 2.64 bits per heavy atom. The maximum atomic E-state index is 12.2. The number of thiophene rings is 1. The quantitative estimate of drug-likeness (QED) is 0.940. The van der Waals surface area contributed by atoms with Crippen molar-refractivity contribution in [3.63, 3.8) is 0 Å². The van der Waals surface area contributed by atoms with Gasteiger partial charge in [-0.3, -0.25) is 9.88 Å². The molecular weight excluding hydrogens is 296 g/mol. The Hall–Kier alpha value is -1.92. The normalized spacial score (nSPS) is 15.7. The second-order valence-corrected chi connectivity index (χ2v) is 6.39. The van der Waals surface area contributed by atoms with Crippen LogP contribution < -0.4 is 5.32 Å². The first kappa shape index (κ1) is 15.0. The molecule has 2 amide bonds. The number of hydrogen-bond donors (Lipinski definition) is 1. The van der Waals surface area contributed by atoms with Gasteiger partial charge in [-0.05, 0) is 29.1 Å². The van der Waals surface area contributed by atoms with Crippen LogP contribution in [0.1, 0.15) is 10.4 Å². The SMILES string of the molecule is O=C(NCc1cccs1)N1CCN(Cc2ccncc2)CC1. The number of pyridine rings is 1. The molecule has 2 aromatic heterocycles. The molecule has 5 nitrogen and oxygen atoms in total. The van der Waals surface area contributed by atoms with Crippen LogP contribution >= 0.6 is 11.3 Å². The molecule has 6 heteroatoms. The summed E-state index contributed by atoms with van der Waals surface area (Å²) < 4.78 is 0. The summed E-state index contributed by atoms with van der Waals surface area (Å²) in [6.07, 6.45) is 3.65. The zero-order valence-electron chi connectivity index (χ0n) is 12.4. The van der Waals surface area contributed by atoms with Crippen molar-refractivity contribution in [3.8, 4) is 0 Å². The Balaban J connectivity index is 1.42. The first-order valence-corrected chi connectivity index (χ1v) is 8.35. The van der Waals surface area contributed by atoms with Crippen molar-refractivity contribution in [2.75, 3.05) is 26.2 Å². The third-order valence-electron chi connectivity index (χ3n) is 3.81. The number of nitrogens with zero attached hydrogens (tertiary/aromatic N) is 3. The first-order valence-electron chi connectivity index (χ1n) is 7.48. The van der Waals surface area contributed by atoms with Gasteiger partial charge in [0.15, 0.2) is 0 Å². The zero-order chi connectivity index (χ0) is 15.2. The lowest BCUT2D eigenvalue weighted by atomic mass is 10.2. The van der Waals surface area contributed by atoms with E-state index in [4.69, 9.17) is 0 Å². The second kappa shape index (κ2) is 7.38. The molecule has 0 atom stereocenters. The molecular formula is C16H20N4OS. The van der Waals surface area contributed by atoms with Gasteiger partial charge in [-0.1, -0.05) is 6.07 Å². The van der Waals surface area contributed by atoms with E-state index < -0.39 is 0 Å². The third-order valence-corrected chi connectivity index (χ3v) is 4.69. The van der Waals surface area contributed by atoms with Crippen LogP contribution in [0.3, 0.4) is 0 Å². The van der Waals surface area contributed by atoms with Crippen LogP contribution in [0.5, 0.6) is 0 Å². The van der Waals surface area contributed by atoms with Crippen molar-refractivity contribution < 1.29 is 4.79 Å². The highest BCUT2D eigenvalue weighted by atomic mass is 32.1. The fourth-order valence-electron chi connectivity index (χ4n) is 2.54. The van der Waals surface area contributed by atoms with Crippen LogP contribution in [-0.2, 0) is 13.1 Å². The lowest BCUT2D eigenvalue weighted by molar-refractivity contribution is 0.135. The molecule has 3 heterocycles. The van der Waals surface area contributed by atoms with E-state index in [-0.39, 0.29) is 6.03 Å². The predicted molar refractivity (Wildman–Crippen MR) is 87.6 cm³/mol. The Labute approximate surface area is 134 Å². The van der Waals surface area contributed by atoms with E-state index in [9.17, 15) is 4.79 Å². The van der Waals surface area contributed by atoms with Gasteiger partial charge >= 0.3 is 6.03 Å². The topological polar surface area (TPSA) is 48.5 Å². The van der Waals surface area contributed by atoms with Gasteiger partial charge in [-0.2, -0.15) is 0 Å². The van der Waals surface area contributed by atoms with Crippen molar-refractivity contribution in [3.05, 3.63) is 52.5 Å². The summed E-state index contributed by atoms with van der Waals surface area (Å²) in [5, 5.41) is 5.02. The highest BCUT2D eigenvalue weighted by Crippen LogP contribution is 2.10. The predicted octanol–water partition coefficient (Wildman–Crippen LogP) is 2.17. The summed E-state index contributed by atoms with van der Waals surface area (Å²) in [4.78, 5) is 21.6. The largest absolute Gasteiger partial charge is 0.333 e. The van der Waals surface area contributed by atoms with Gasteiger partial charge in [0.25, 0.3) is 0 Å². The van der Waals surface area contributed by atoms with Crippen LogP contribution in [0.15, 0.2) is 42.0 Å². The van der Waals surface area contributed by atoms with Crippen molar-refractivity contribution in [2.45, 2.75) is 13.1 Å². The monoisotopic (exact) mass is 316 g/mol. The number of nitrogens with one attached hydrogen (secondary N) is 1. The second-order valence-electron chi connectivity index (χ2n) is 5.36. The van der Waals surface area contributed by atoms with Crippen LogP contribution in [0, 0.1) is 0 Å². The third kappa shape index (κ3) is 4.05. The Morgan fingerprint density at radius 2 is 1.95 bits per heavy atom. The minimum absolute atomic E-state index is 0.0389. The van der Waals surface area contributed by atoms with Gasteiger partial charge in [-0.25, -0.2) is 4.79 Å². The number of urea groups is 1. The molecule has 0 radical (unpaired) electrons. The molecule has 3 rings (SSSR count). The maximum absolute atomic E-state index is 12.2. The van der Waals surface area contributed by atoms with Crippen molar-refractivity contribution in [1.29, 1.82) is 0 Å². The Bertz CT molecular complexity index is 579. The molecule has 0 saturated carbocycles. The molecule has 1 N–H and O–H groups in total. The first-order chi connectivity index (χ1) is 10.8. The fourth-order valence-corrected chi connectivity index (χ4v) is 3.19. The average molecular weight is 316 g/mol. The number of amides is 2.